The summed E-state index contributed by atoms with van der Waals surface area (Å²) in [5, 5.41) is 0.868. The minimum absolute atomic E-state index is 0.868. The van der Waals surface area contributed by atoms with Crippen molar-refractivity contribution in [1.82, 2.24) is 0 Å². The summed E-state index contributed by atoms with van der Waals surface area (Å²) in [5.74, 6) is 0. The third-order valence-corrected chi connectivity index (χ3v) is 2.61. The second kappa shape index (κ2) is 6.47. The molecule has 0 amide bonds. The van der Waals surface area contributed by atoms with Crippen molar-refractivity contribution in [3.8, 4) is 0 Å². The third-order valence-electron chi connectivity index (χ3n) is 1.47. The van der Waals surface area contributed by atoms with Crippen molar-refractivity contribution in [1.29, 1.82) is 0 Å². The van der Waals surface area contributed by atoms with E-state index in [2.05, 4.69) is 20.1 Å². The van der Waals surface area contributed by atoms with E-state index in [1.807, 2.05) is 11.8 Å². The lowest BCUT2D eigenvalue weighted by atomic mass is 10.2. The topological polar surface area (TPSA) is 0 Å². The van der Waals surface area contributed by atoms with Crippen LogP contribution in [0.25, 0.3) is 0 Å². The van der Waals surface area contributed by atoms with E-state index in [0.717, 1.165) is 11.7 Å². The van der Waals surface area contributed by atoms with Crippen LogP contribution in [-0.2, 0) is 0 Å². The molecule has 0 aliphatic rings. The Bertz CT molecular complexity index is 46.5. The van der Waals surface area contributed by atoms with Gasteiger partial charge in [0.15, 0.2) is 0 Å². The average Bonchev–Trinajstić information content (AvgIpc) is 1.88. The van der Waals surface area contributed by atoms with Gasteiger partial charge >= 0.3 is 0 Å². The van der Waals surface area contributed by atoms with Gasteiger partial charge in [0.1, 0.15) is 0 Å². The van der Waals surface area contributed by atoms with Gasteiger partial charge in [0.2, 0.25) is 0 Å². The van der Waals surface area contributed by atoms with Crippen LogP contribution in [0.2, 0.25) is 0 Å². The normalized spacial score (nSPS) is 10.7. The van der Waals surface area contributed by atoms with Gasteiger partial charge in [0.05, 0.1) is 0 Å². The molecule has 0 nitrogen and oxygen atoms in total. The summed E-state index contributed by atoms with van der Waals surface area (Å²) in [7, 11) is 0. The Morgan fingerprint density at radius 3 is 2.44 bits per heavy atom. The molecule has 0 fully saturated rings. The maximum Gasteiger partial charge on any atom is 0.00441 e. The fourth-order valence-electron chi connectivity index (χ4n) is 0.930. The van der Waals surface area contributed by atoms with E-state index < -0.39 is 0 Å². The Labute approximate surface area is 63.4 Å². The second-order valence-electron chi connectivity index (χ2n) is 2.29. The van der Waals surface area contributed by atoms with Crippen molar-refractivity contribution >= 4 is 11.8 Å². The molecule has 1 radical (unpaired) electrons. The molecule has 55 valence electrons. The highest BCUT2D eigenvalue weighted by Gasteiger charge is 2.01. The quantitative estimate of drug-likeness (QED) is 0.572. The van der Waals surface area contributed by atoms with E-state index >= 15 is 0 Å². The van der Waals surface area contributed by atoms with Gasteiger partial charge in [-0.1, -0.05) is 26.7 Å². The van der Waals surface area contributed by atoms with E-state index in [4.69, 9.17) is 0 Å². The standard InChI is InChI=1S/C8H17S/c1-4-6-8(9-3)7-5-2/h8H,1,4-7H2,2-3H3. The third kappa shape index (κ3) is 4.83. The Morgan fingerprint density at radius 1 is 1.44 bits per heavy atom. The molecule has 0 aliphatic carbocycles. The summed E-state index contributed by atoms with van der Waals surface area (Å²) in [6.45, 7) is 6.08. The molecule has 0 rings (SSSR count). The maximum atomic E-state index is 3.84. The largest absolute Gasteiger partial charge is 0.162 e. The first-order valence-electron chi connectivity index (χ1n) is 3.67. The lowest BCUT2D eigenvalue weighted by molar-refractivity contribution is 0.692. The first-order chi connectivity index (χ1) is 4.35. The van der Waals surface area contributed by atoms with Crippen molar-refractivity contribution in [3.63, 3.8) is 0 Å². The summed E-state index contributed by atoms with van der Waals surface area (Å²) < 4.78 is 0. The van der Waals surface area contributed by atoms with E-state index in [1.54, 1.807) is 0 Å². The minimum Gasteiger partial charge on any atom is -0.162 e. The van der Waals surface area contributed by atoms with Crippen LogP contribution in [-0.4, -0.2) is 11.5 Å². The molecule has 0 saturated heterocycles. The summed E-state index contributed by atoms with van der Waals surface area (Å²) in [5.41, 5.74) is 0. The van der Waals surface area contributed by atoms with Crippen LogP contribution in [0.1, 0.15) is 32.6 Å². The van der Waals surface area contributed by atoms with Crippen LogP contribution in [0, 0.1) is 6.92 Å². The van der Waals surface area contributed by atoms with Gasteiger partial charge in [0, 0.05) is 5.25 Å². The minimum atomic E-state index is 0.868. The lowest BCUT2D eigenvalue weighted by Gasteiger charge is -2.10. The fraction of sp³-hybridized carbons (Fsp3) is 0.875. The van der Waals surface area contributed by atoms with Crippen LogP contribution in [0.5, 0.6) is 0 Å². The van der Waals surface area contributed by atoms with E-state index in [-0.39, 0.29) is 0 Å². The predicted octanol–water partition coefficient (Wildman–Crippen LogP) is 3.13. The van der Waals surface area contributed by atoms with Gasteiger partial charge in [-0.25, -0.2) is 0 Å². The van der Waals surface area contributed by atoms with Gasteiger partial charge in [-0.15, -0.1) is 0 Å². The van der Waals surface area contributed by atoms with Gasteiger partial charge in [-0.05, 0) is 19.1 Å². The Hall–Kier alpha value is 0.350. The van der Waals surface area contributed by atoms with Crippen molar-refractivity contribution in [3.05, 3.63) is 6.92 Å². The molecule has 1 atom stereocenters. The molecular formula is C8H17S. The van der Waals surface area contributed by atoms with Crippen LogP contribution < -0.4 is 0 Å². The number of rotatable bonds is 5. The van der Waals surface area contributed by atoms with Gasteiger partial charge in [-0.3, -0.25) is 0 Å². The maximum absolute atomic E-state index is 3.84. The highest BCUT2D eigenvalue weighted by Crippen LogP contribution is 2.17. The highest BCUT2D eigenvalue weighted by atomic mass is 32.2. The second-order valence-corrected chi connectivity index (χ2v) is 3.43. The highest BCUT2D eigenvalue weighted by molar-refractivity contribution is 7.99. The zero-order valence-electron chi connectivity index (χ0n) is 6.52. The lowest BCUT2D eigenvalue weighted by Crippen LogP contribution is -1.99. The van der Waals surface area contributed by atoms with Crippen molar-refractivity contribution < 1.29 is 0 Å². The number of hydrogen-bond donors (Lipinski definition) is 0. The Morgan fingerprint density at radius 2 is 2.11 bits per heavy atom. The molecule has 0 bridgehead atoms. The molecule has 0 N–H and O–H groups in total. The van der Waals surface area contributed by atoms with Crippen molar-refractivity contribution in [2.45, 2.75) is 37.9 Å². The molecule has 0 heterocycles. The van der Waals surface area contributed by atoms with Gasteiger partial charge in [0.25, 0.3) is 0 Å². The Kier molecular flexibility index (Phi) is 6.72. The molecule has 0 aromatic rings. The summed E-state index contributed by atoms with van der Waals surface area (Å²) in [6, 6.07) is 0. The SMILES string of the molecule is [CH2]CCC(CCC)SC. The van der Waals surface area contributed by atoms with Crippen LogP contribution in [0.3, 0.4) is 0 Å². The monoisotopic (exact) mass is 145 g/mol. The van der Waals surface area contributed by atoms with Crippen LogP contribution in [0.4, 0.5) is 0 Å². The van der Waals surface area contributed by atoms with Crippen molar-refractivity contribution in [2.24, 2.45) is 0 Å². The molecule has 1 heteroatoms. The zero-order chi connectivity index (χ0) is 7.11. The van der Waals surface area contributed by atoms with Gasteiger partial charge < -0.3 is 0 Å². The van der Waals surface area contributed by atoms with Gasteiger partial charge in [-0.2, -0.15) is 11.8 Å². The molecule has 0 aliphatic heterocycles. The molecule has 9 heavy (non-hydrogen) atoms. The molecule has 0 aromatic carbocycles. The smallest absolute Gasteiger partial charge is 0.00441 e. The summed E-state index contributed by atoms with van der Waals surface area (Å²) in [6.07, 6.45) is 7.23. The van der Waals surface area contributed by atoms with E-state index in [1.165, 1.54) is 19.3 Å². The van der Waals surface area contributed by atoms with Crippen molar-refractivity contribution in [2.75, 3.05) is 6.26 Å². The molecule has 1 unspecified atom stereocenters. The fourth-order valence-corrected chi connectivity index (χ4v) is 1.80. The molecule has 0 saturated carbocycles. The van der Waals surface area contributed by atoms with Crippen LogP contribution in [0.15, 0.2) is 0 Å². The van der Waals surface area contributed by atoms with Crippen LogP contribution >= 0.6 is 11.8 Å². The summed E-state index contributed by atoms with van der Waals surface area (Å²) >= 11 is 1.98. The van der Waals surface area contributed by atoms with E-state index in [9.17, 15) is 0 Å². The molecule has 0 spiro atoms. The van der Waals surface area contributed by atoms with E-state index in [0.29, 0.717) is 0 Å². The number of thioether (sulfide) groups is 1. The first kappa shape index (κ1) is 9.35. The Balaban J connectivity index is 3.18. The average molecular weight is 145 g/mol. The number of hydrogen-bond acceptors (Lipinski definition) is 1. The summed E-state index contributed by atoms with van der Waals surface area (Å²) in [4.78, 5) is 0. The first-order valence-corrected chi connectivity index (χ1v) is 4.96. The zero-order valence-corrected chi connectivity index (χ0v) is 7.34. The molecular weight excluding hydrogens is 128 g/mol. The predicted molar refractivity (Wildman–Crippen MR) is 46.8 cm³/mol. The molecule has 0 aromatic heterocycles.